The van der Waals surface area contributed by atoms with Crippen molar-refractivity contribution < 1.29 is 9.90 Å². The highest BCUT2D eigenvalue weighted by molar-refractivity contribution is 8.00. The topological polar surface area (TPSA) is 37.3 Å². The predicted octanol–water partition coefficient (Wildman–Crippen LogP) is 2.77. The highest BCUT2D eigenvalue weighted by Gasteiger charge is 2.26. The maximum absolute atomic E-state index is 10.7. The number of carboxylic acids is 1. The Bertz CT molecular complexity index is 172. The van der Waals surface area contributed by atoms with Crippen LogP contribution >= 0.6 is 11.8 Å². The number of thioether (sulfide) groups is 1. The van der Waals surface area contributed by atoms with Gasteiger partial charge >= 0.3 is 5.97 Å². The van der Waals surface area contributed by atoms with Gasteiger partial charge < -0.3 is 5.11 Å². The van der Waals surface area contributed by atoms with Crippen LogP contribution in [0.25, 0.3) is 0 Å². The number of aliphatic carboxylic acids is 1. The van der Waals surface area contributed by atoms with Gasteiger partial charge in [-0.15, -0.1) is 0 Å². The van der Waals surface area contributed by atoms with Gasteiger partial charge in [0.25, 0.3) is 0 Å². The third kappa shape index (κ3) is 3.59. The number of hydrogen-bond donors (Lipinski definition) is 1. The highest BCUT2D eigenvalue weighted by Crippen LogP contribution is 2.33. The van der Waals surface area contributed by atoms with E-state index in [0.29, 0.717) is 10.5 Å². The molecule has 0 atom stereocenters. The van der Waals surface area contributed by atoms with Crippen molar-refractivity contribution in [3.05, 3.63) is 0 Å². The SMILES string of the molecule is CC(C)SC1CCC(C(=O)O)CC1. The lowest BCUT2D eigenvalue weighted by atomic mass is 9.89. The molecule has 1 aliphatic carbocycles. The predicted molar refractivity (Wildman–Crippen MR) is 56.1 cm³/mol. The fraction of sp³-hybridized carbons (Fsp3) is 0.900. The van der Waals surface area contributed by atoms with Gasteiger partial charge in [0, 0.05) is 5.25 Å². The van der Waals surface area contributed by atoms with Crippen LogP contribution in [0.3, 0.4) is 0 Å². The Labute approximate surface area is 84.1 Å². The highest BCUT2D eigenvalue weighted by atomic mass is 32.2. The second-order valence-electron chi connectivity index (χ2n) is 4.00. The smallest absolute Gasteiger partial charge is 0.306 e. The summed E-state index contributed by atoms with van der Waals surface area (Å²) in [6.07, 6.45) is 3.92. The Hall–Kier alpha value is -0.180. The quantitative estimate of drug-likeness (QED) is 0.764. The molecular weight excluding hydrogens is 184 g/mol. The summed E-state index contributed by atoms with van der Waals surface area (Å²) in [5.41, 5.74) is 0. The van der Waals surface area contributed by atoms with E-state index in [1.54, 1.807) is 0 Å². The van der Waals surface area contributed by atoms with Gasteiger partial charge in [-0.05, 0) is 30.9 Å². The summed E-state index contributed by atoms with van der Waals surface area (Å²) in [6.45, 7) is 4.40. The molecule has 0 saturated heterocycles. The zero-order valence-corrected chi connectivity index (χ0v) is 9.14. The summed E-state index contributed by atoms with van der Waals surface area (Å²) in [5.74, 6) is -0.669. The largest absolute Gasteiger partial charge is 0.481 e. The minimum Gasteiger partial charge on any atom is -0.481 e. The van der Waals surface area contributed by atoms with Crippen molar-refractivity contribution in [1.82, 2.24) is 0 Å². The Morgan fingerprint density at radius 3 is 2.23 bits per heavy atom. The van der Waals surface area contributed by atoms with Crippen molar-refractivity contribution in [2.75, 3.05) is 0 Å². The zero-order valence-electron chi connectivity index (χ0n) is 8.32. The van der Waals surface area contributed by atoms with E-state index in [4.69, 9.17) is 5.11 Å². The number of carboxylic acid groups (broad SMARTS) is 1. The average molecular weight is 202 g/mol. The van der Waals surface area contributed by atoms with Crippen molar-refractivity contribution in [1.29, 1.82) is 0 Å². The molecule has 13 heavy (non-hydrogen) atoms. The molecule has 1 N–H and O–H groups in total. The molecule has 0 spiro atoms. The van der Waals surface area contributed by atoms with Crippen molar-refractivity contribution in [3.63, 3.8) is 0 Å². The second kappa shape index (κ2) is 4.89. The first-order valence-corrected chi connectivity index (χ1v) is 5.92. The van der Waals surface area contributed by atoms with Crippen LogP contribution in [0.15, 0.2) is 0 Å². The molecule has 0 bridgehead atoms. The Morgan fingerprint density at radius 1 is 1.31 bits per heavy atom. The van der Waals surface area contributed by atoms with Gasteiger partial charge in [0.2, 0.25) is 0 Å². The first-order chi connectivity index (χ1) is 6.09. The van der Waals surface area contributed by atoms with Gasteiger partial charge in [0.15, 0.2) is 0 Å². The Kier molecular flexibility index (Phi) is 4.10. The van der Waals surface area contributed by atoms with E-state index in [0.717, 1.165) is 25.7 Å². The standard InChI is InChI=1S/C10H18O2S/c1-7(2)13-9-5-3-8(4-6-9)10(11)12/h7-9H,3-6H2,1-2H3,(H,11,12). The summed E-state index contributed by atoms with van der Waals surface area (Å²) < 4.78 is 0. The van der Waals surface area contributed by atoms with Crippen LogP contribution in [0.2, 0.25) is 0 Å². The molecule has 0 radical (unpaired) electrons. The van der Waals surface area contributed by atoms with Gasteiger partial charge in [-0.3, -0.25) is 4.79 Å². The summed E-state index contributed by atoms with van der Waals surface area (Å²) in [6, 6.07) is 0. The first-order valence-electron chi connectivity index (χ1n) is 4.98. The molecule has 0 aromatic heterocycles. The van der Waals surface area contributed by atoms with Crippen LogP contribution in [0.1, 0.15) is 39.5 Å². The minimum atomic E-state index is -0.604. The van der Waals surface area contributed by atoms with Gasteiger partial charge in [-0.2, -0.15) is 11.8 Å². The van der Waals surface area contributed by atoms with Crippen LogP contribution in [0.5, 0.6) is 0 Å². The fourth-order valence-corrected chi connectivity index (χ4v) is 3.14. The van der Waals surface area contributed by atoms with Crippen LogP contribution < -0.4 is 0 Å². The Balaban J connectivity index is 2.26. The molecule has 0 aromatic carbocycles. The van der Waals surface area contributed by atoms with E-state index < -0.39 is 5.97 Å². The molecule has 0 amide bonds. The van der Waals surface area contributed by atoms with Gasteiger partial charge in [0.05, 0.1) is 5.92 Å². The monoisotopic (exact) mass is 202 g/mol. The van der Waals surface area contributed by atoms with Crippen LogP contribution in [-0.4, -0.2) is 21.6 Å². The normalized spacial score (nSPS) is 29.2. The third-order valence-electron chi connectivity index (χ3n) is 2.49. The van der Waals surface area contributed by atoms with E-state index in [1.165, 1.54) is 0 Å². The van der Waals surface area contributed by atoms with Crippen molar-refractivity contribution in [2.45, 2.75) is 50.0 Å². The summed E-state index contributed by atoms with van der Waals surface area (Å²) in [7, 11) is 0. The number of rotatable bonds is 3. The van der Waals surface area contributed by atoms with Gasteiger partial charge in [0.1, 0.15) is 0 Å². The maximum Gasteiger partial charge on any atom is 0.306 e. The molecule has 1 rings (SSSR count). The van der Waals surface area contributed by atoms with Crippen molar-refractivity contribution in [3.8, 4) is 0 Å². The third-order valence-corrected chi connectivity index (χ3v) is 3.89. The molecule has 0 aromatic rings. The summed E-state index contributed by atoms with van der Waals surface area (Å²) in [5, 5.41) is 10.2. The molecule has 1 fully saturated rings. The van der Waals surface area contributed by atoms with E-state index in [-0.39, 0.29) is 5.92 Å². The van der Waals surface area contributed by atoms with E-state index in [1.807, 2.05) is 11.8 Å². The van der Waals surface area contributed by atoms with Crippen LogP contribution in [0.4, 0.5) is 0 Å². The van der Waals surface area contributed by atoms with Gasteiger partial charge in [-0.1, -0.05) is 13.8 Å². The van der Waals surface area contributed by atoms with Crippen molar-refractivity contribution in [2.24, 2.45) is 5.92 Å². The fourth-order valence-electron chi connectivity index (χ4n) is 1.83. The number of hydrogen-bond acceptors (Lipinski definition) is 2. The van der Waals surface area contributed by atoms with Crippen LogP contribution in [0, 0.1) is 5.92 Å². The van der Waals surface area contributed by atoms with Gasteiger partial charge in [-0.25, -0.2) is 0 Å². The lowest BCUT2D eigenvalue weighted by molar-refractivity contribution is -0.142. The number of carbonyl (C=O) groups is 1. The molecule has 1 aliphatic rings. The van der Waals surface area contributed by atoms with E-state index in [9.17, 15) is 4.79 Å². The second-order valence-corrected chi connectivity index (χ2v) is 5.88. The molecule has 2 nitrogen and oxygen atoms in total. The zero-order chi connectivity index (χ0) is 9.84. The average Bonchev–Trinajstić information content (AvgIpc) is 2.04. The van der Waals surface area contributed by atoms with Crippen LogP contribution in [-0.2, 0) is 4.79 Å². The summed E-state index contributed by atoms with van der Waals surface area (Å²) >= 11 is 2.00. The molecule has 0 heterocycles. The molecule has 76 valence electrons. The Morgan fingerprint density at radius 2 is 1.85 bits per heavy atom. The first kappa shape index (κ1) is 10.9. The molecule has 0 aliphatic heterocycles. The molecule has 3 heteroatoms. The lowest BCUT2D eigenvalue weighted by Crippen LogP contribution is -2.23. The molecule has 0 unspecified atom stereocenters. The minimum absolute atomic E-state index is 0.0657. The summed E-state index contributed by atoms with van der Waals surface area (Å²) in [4.78, 5) is 10.7. The maximum atomic E-state index is 10.7. The van der Waals surface area contributed by atoms with E-state index in [2.05, 4.69) is 13.8 Å². The van der Waals surface area contributed by atoms with E-state index >= 15 is 0 Å². The molecular formula is C10H18O2S. The lowest BCUT2D eigenvalue weighted by Gasteiger charge is -2.26. The molecule has 1 saturated carbocycles. The van der Waals surface area contributed by atoms with Crippen molar-refractivity contribution >= 4 is 17.7 Å².